The van der Waals surface area contributed by atoms with Crippen molar-refractivity contribution in [1.82, 2.24) is 0 Å². The van der Waals surface area contributed by atoms with Gasteiger partial charge in [-0.1, -0.05) is 109 Å². The van der Waals surface area contributed by atoms with E-state index in [4.69, 9.17) is 9.05 Å². The quantitative estimate of drug-likeness (QED) is 0.0968. The Balaban J connectivity index is 2.07. The van der Waals surface area contributed by atoms with E-state index in [0.29, 0.717) is 27.8 Å². The largest absolute Gasteiger partial charge is 0.524 e. The molecule has 0 saturated carbocycles. The van der Waals surface area contributed by atoms with Gasteiger partial charge in [-0.15, -0.1) is 0 Å². The first kappa shape index (κ1) is 35.5. The highest BCUT2D eigenvalue weighted by Crippen LogP contribution is 2.50. The van der Waals surface area contributed by atoms with Crippen LogP contribution in [-0.2, 0) is 15.6 Å². The second-order valence-corrected chi connectivity index (χ2v) is 14.4. The van der Waals surface area contributed by atoms with Crippen LogP contribution in [0.25, 0.3) is 10.8 Å². The standard InChI is InChI=1S/C31H50O8P2/c1-22(2)12-9-13-23(3)14-10-15-24(4)16-11-17-25(5)20-21-27-26(6)30(38-40(32,33)34)28-18-7-8-19-29(28)31(27)39-41(35,36)37/h7-8,18-20,22-24H,9-17,21H2,1-6H3,(H2,32,33,34)(H2,35,36,37)/b25-20+. The maximum absolute atomic E-state index is 11.8. The number of rotatable bonds is 18. The number of hydrogen-bond acceptors (Lipinski definition) is 4. The Morgan fingerprint density at radius 2 is 1.24 bits per heavy atom. The smallest absolute Gasteiger partial charge is 0.403 e. The second-order valence-electron chi connectivity index (χ2n) is 12.1. The SMILES string of the molecule is C/C(=C\Cc1c(C)c(OP(=O)(O)O)c2ccccc2c1OP(=O)(O)O)CCCC(C)CCCC(C)CCCC(C)C. The average Bonchev–Trinajstić information content (AvgIpc) is 2.84. The van der Waals surface area contributed by atoms with E-state index in [0.717, 1.165) is 36.7 Å². The normalized spacial score (nSPS) is 14.5. The Labute approximate surface area is 246 Å². The topological polar surface area (TPSA) is 134 Å². The van der Waals surface area contributed by atoms with Crippen LogP contribution in [0.2, 0.25) is 0 Å². The Kier molecular flexibility index (Phi) is 14.1. The molecule has 8 nitrogen and oxygen atoms in total. The molecular weight excluding hydrogens is 562 g/mol. The third-order valence-electron chi connectivity index (χ3n) is 7.70. The minimum atomic E-state index is -4.91. The molecule has 2 atom stereocenters. The van der Waals surface area contributed by atoms with Crippen LogP contribution < -0.4 is 9.05 Å². The minimum Gasteiger partial charge on any atom is -0.403 e. The van der Waals surface area contributed by atoms with Gasteiger partial charge in [0.1, 0.15) is 11.5 Å². The molecule has 0 aliphatic heterocycles. The molecule has 2 unspecified atom stereocenters. The fourth-order valence-corrected chi connectivity index (χ4v) is 6.26. The molecule has 0 aromatic heterocycles. The van der Waals surface area contributed by atoms with Crippen molar-refractivity contribution < 1.29 is 37.8 Å². The van der Waals surface area contributed by atoms with Gasteiger partial charge in [0.2, 0.25) is 0 Å². The molecule has 2 rings (SSSR count). The number of benzene rings is 2. The Morgan fingerprint density at radius 1 is 0.780 bits per heavy atom. The zero-order valence-electron chi connectivity index (χ0n) is 25.5. The predicted molar refractivity (Wildman–Crippen MR) is 166 cm³/mol. The summed E-state index contributed by atoms with van der Waals surface area (Å²) in [6.45, 7) is 12.9. The van der Waals surface area contributed by atoms with Crippen LogP contribution in [-0.4, -0.2) is 19.6 Å². The lowest BCUT2D eigenvalue weighted by molar-refractivity contribution is 0.278. The van der Waals surface area contributed by atoms with Gasteiger partial charge in [-0.25, -0.2) is 9.13 Å². The molecule has 0 bridgehead atoms. The van der Waals surface area contributed by atoms with Crippen molar-refractivity contribution in [3.63, 3.8) is 0 Å². The minimum absolute atomic E-state index is 0.0133. The molecule has 0 radical (unpaired) electrons. The van der Waals surface area contributed by atoms with Crippen molar-refractivity contribution in [2.45, 2.75) is 106 Å². The van der Waals surface area contributed by atoms with Crippen LogP contribution in [0.1, 0.15) is 104 Å². The molecule has 0 saturated heterocycles. The summed E-state index contributed by atoms with van der Waals surface area (Å²) >= 11 is 0. The Hall–Kier alpha value is -1.66. The summed E-state index contributed by atoms with van der Waals surface area (Å²) in [7, 11) is -9.80. The number of hydrogen-bond donors (Lipinski definition) is 4. The molecule has 0 amide bonds. The maximum Gasteiger partial charge on any atom is 0.524 e. The lowest BCUT2D eigenvalue weighted by atomic mass is 9.91. The highest BCUT2D eigenvalue weighted by molar-refractivity contribution is 7.47. The summed E-state index contributed by atoms with van der Waals surface area (Å²) in [4.78, 5) is 38.3. The molecule has 0 aliphatic carbocycles. The van der Waals surface area contributed by atoms with Crippen LogP contribution in [0.5, 0.6) is 11.5 Å². The second kappa shape index (κ2) is 16.3. The fourth-order valence-electron chi connectivity index (χ4n) is 5.34. The highest BCUT2D eigenvalue weighted by Gasteiger charge is 2.27. The van der Waals surface area contributed by atoms with E-state index >= 15 is 0 Å². The first-order valence-corrected chi connectivity index (χ1v) is 17.8. The van der Waals surface area contributed by atoms with E-state index in [2.05, 4.69) is 27.7 Å². The lowest BCUT2D eigenvalue weighted by Gasteiger charge is -2.21. The molecule has 2 aromatic rings. The molecule has 232 valence electrons. The van der Waals surface area contributed by atoms with Gasteiger partial charge < -0.3 is 9.05 Å². The van der Waals surface area contributed by atoms with Gasteiger partial charge in [-0.2, -0.15) is 0 Å². The molecular formula is C31H50O8P2. The number of allylic oxidation sites excluding steroid dienone is 2. The van der Waals surface area contributed by atoms with Crippen LogP contribution in [0.15, 0.2) is 35.9 Å². The van der Waals surface area contributed by atoms with Crippen molar-refractivity contribution >= 4 is 26.4 Å². The van der Waals surface area contributed by atoms with E-state index in [1.165, 1.54) is 38.5 Å². The summed E-state index contributed by atoms with van der Waals surface area (Å²) in [5.74, 6) is 2.18. The molecule has 2 aromatic carbocycles. The van der Waals surface area contributed by atoms with Gasteiger partial charge in [0.15, 0.2) is 0 Å². The van der Waals surface area contributed by atoms with E-state index in [9.17, 15) is 28.7 Å². The van der Waals surface area contributed by atoms with Gasteiger partial charge in [-0.3, -0.25) is 19.6 Å². The molecule has 4 N–H and O–H groups in total. The number of fused-ring (bicyclic) bond motifs is 1. The third kappa shape index (κ3) is 13.0. The van der Waals surface area contributed by atoms with Crippen molar-refractivity contribution in [3.8, 4) is 11.5 Å². The molecule has 10 heteroatoms. The van der Waals surface area contributed by atoms with Crippen molar-refractivity contribution in [3.05, 3.63) is 47.0 Å². The van der Waals surface area contributed by atoms with Crippen LogP contribution in [0.4, 0.5) is 0 Å². The first-order chi connectivity index (χ1) is 19.1. The van der Waals surface area contributed by atoms with Crippen LogP contribution in [0.3, 0.4) is 0 Å². The third-order valence-corrected chi connectivity index (χ3v) is 8.54. The van der Waals surface area contributed by atoms with Gasteiger partial charge in [0.05, 0.1) is 0 Å². The Morgan fingerprint density at radius 3 is 1.76 bits per heavy atom. The van der Waals surface area contributed by atoms with E-state index in [1.807, 2.05) is 13.0 Å². The molecule has 0 fully saturated rings. The monoisotopic (exact) mass is 612 g/mol. The molecule has 0 spiro atoms. The average molecular weight is 613 g/mol. The van der Waals surface area contributed by atoms with Crippen molar-refractivity contribution in [1.29, 1.82) is 0 Å². The summed E-state index contributed by atoms with van der Waals surface area (Å²) in [6.07, 6.45) is 13.1. The van der Waals surface area contributed by atoms with Crippen molar-refractivity contribution in [2.75, 3.05) is 0 Å². The van der Waals surface area contributed by atoms with E-state index in [1.54, 1.807) is 31.2 Å². The molecule has 0 heterocycles. The Bertz CT molecular complexity index is 1240. The van der Waals surface area contributed by atoms with Gasteiger partial charge in [0, 0.05) is 16.3 Å². The first-order valence-electron chi connectivity index (χ1n) is 14.8. The van der Waals surface area contributed by atoms with Gasteiger partial charge in [0.25, 0.3) is 0 Å². The molecule has 41 heavy (non-hydrogen) atoms. The van der Waals surface area contributed by atoms with Gasteiger partial charge in [-0.05, 0) is 56.4 Å². The predicted octanol–water partition coefficient (Wildman–Crippen LogP) is 9.02. The van der Waals surface area contributed by atoms with Crippen LogP contribution >= 0.6 is 15.6 Å². The lowest BCUT2D eigenvalue weighted by Crippen LogP contribution is -2.03. The van der Waals surface area contributed by atoms with Crippen molar-refractivity contribution in [2.24, 2.45) is 17.8 Å². The summed E-state index contributed by atoms with van der Waals surface area (Å²) in [5.41, 5.74) is 1.89. The summed E-state index contributed by atoms with van der Waals surface area (Å²) in [5, 5.41) is 0.592. The van der Waals surface area contributed by atoms with E-state index < -0.39 is 15.6 Å². The maximum atomic E-state index is 11.8. The number of phosphoric ester groups is 2. The molecule has 0 aliphatic rings. The number of phosphoric acid groups is 2. The summed E-state index contributed by atoms with van der Waals surface area (Å²) in [6, 6.07) is 6.46. The zero-order chi connectivity index (χ0) is 30.8. The zero-order valence-corrected chi connectivity index (χ0v) is 27.3. The van der Waals surface area contributed by atoms with E-state index in [-0.39, 0.29) is 17.9 Å². The van der Waals surface area contributed by atoms with Crippen LogP contribution in [0, 0.1) is 24.7 Å². The fraction of sp³-hybridized carbons (Fsp3) is 0.613. The highest BCUT2D eigenvalue weighted by atomic mass is 31.2. The summed E-state index contributed by atoms with van der Waals surface area (Å²) < 4.78 is 33.7. The van der Waals surface area contributed by atoms with Gasteiger partial charge >= 0.3 is 15.6 Å².